The number of anilines is 2. The van der Waals surface area contributed by atoms with E-state index in [0.29, 0.717) is 5.69 Å². The van der Waals surface area contributed by atoms with Crippen LogP contribution in [0.1, 0.15) is 0 Å². The molecule has 0 saturated carbocycles. The van der Waals surface area contributed by atoms with Crippen LogP contribution in [-0.2, 0) is 0 Å². The van der Waals surface area contributed by atoms with Crippen LogP contribution in [0.3, 0.4) is 0 Å². The molecule has 5 nitrogen and oxygen atoms in total. The summed E-state index contributed by atoms with van der Waals surface area (Å²) in [6, 6.07) is 15.0. The second-order valence-corrected chi connectivity index (χ2v) is 8.04. The smallest absolute Gasteiger partial charge is 0.146 e. The molecule has 5 rings (SSSR count). The number of thiophene rings is 1. The normalized spacial score (nSPS) is 14.3. The van der Waals surface area contributed by atoms with E-state index in [1.165, 1.54) is 6.07 Å². The molecule has 2 aromatic heterocycles. The lowest BCUT2D eigenvalue weighted by Gasteiger charge is -2.37. The van der Waals surface area contributed by atoms with E-state index in [0.717, 1.165) is 59.1 Å². The van der Waals surface area contributed by atoms with Gasteiger partial charge in [-0.15, -0.1) is 11.3 Å². The number of benzene rings is 2. The second kappa shape index (κ2) is 7.91. The fourth-order valence-corrected chi connectivity index (χ4v) is 4.86. The van der Waals surface area contributed by atoms with Gasteiger partial charge in [-0.2, -0.15) is 0 Å². The zero-order valence-corrected chi connectivity index (χ0v) is 17.4. The lowest BCUT2D eigenvalue weighted by atomic mass is 10.1. The lowest BCUT2D eigenvalue weighted by molar-refractivity contribution is 0.415. The first-order valence-corrected chi connectivity index (χ1v) is 10.7. The molecule has 2 aromatic carbocycles. The molecule has 0 atom stereocenters. The average Bonchev–Trinajstić information content (AvgIpc) is 3.24. The van der Waals surface area contributed by atoms with Crippen LogP contribution in [-0.4, -0.2) is 43.3 Å². The minimum atomic E-state index is -0.171. The fourth-order valence-electron chi connectivity index (χ4n) is 3.95. The SMILES string of the molecule is COc1ccc(-c2csc3ncnc(N4CCN(c5ccccc5F)CC4)c23)cc1. The van der Waals surface area contributed by atoms with Gasteiger partial charge in [0.2, 0.25) is 0 Å². The molecule has 7 heteroatoms. The summed E-state index contributed by atoms with van der Waals surface area (Å²) in [6.07, 6.45) is 1.63. The number of piperazine rings is 1. The highest BCUT2D eigenvalue weighted by molar-refractivity contribution is 7.17. The summed E-state index contributed by atoms with van der Waals surface area (Å²) < 4.78 is 19.5. The third kappa shape index (κ3) is 3.35. The zero-order chi connectivity index (χ0) is 20.5. The molecule has 4 aromatic rings. The Kier molecular flexibility index (Phi) is 4.96. The van der Waals surface area contributed by atoms with E-state index >= 15 is 0 Å². The molecule has 0 unspecified atom stereocenters. The number of fused-ring (bicyclic) bond motifs is 1. The number of hydrogen-bond acceptors (Lipinski definition) is 6. The maximum atomic E-state index is 14.2. The molecular weight excluding hydrogens is 399 g/mol. The van der Waals surface area contributed by atoms with Crippen molar-refractivity contribution in [1.82, 2.24) is 9.97 Å². The van der Waals surface area contributed by atoms with Crippen LogP contribution in [0.2, 0.25) is 0 Å². The summed E-state index contributed by atoms with van der Waals surface area (Å²) in [5, 5.41) is 3.22. The van der Waals surface area contributed by atoms with Gasteiger partial charge in [-0.05, 0) is 29.8 Å². The van der Waals surface area contributed by atoms with Gasteiger partial charge >= 0.3 is 0 Å². The Bertz CT molecular complexity index is 1170. The first-order valence-electron chi connectivity index (χ1n) is 9.85. The molecule has 0 bridgehead atoms. The van der Waals surface area contributed by atoms with Gasteiger partial charge in [0.1, 0.15) is 28.5 Å². The molecule has 1 fully saturated rings. The Morgan fingerprint density at radius 2 is 1.67 bits per heavy atom. The number of rotatable bonds is 4. The van der Waals surface area contributed by atoms with E-state index in [9.17, 15) is 4.39 Å². The van der Waals surface area contributed by atoms with E-state index in [1.807, 2.05) is 24.3 Å². The lowest BCUT2D eigenvalue weighted by Crippen LogP contribution is -2.47. The van der Waals surface area contributed by atoms with Gasteiger partial charge in [0.15, 0.2) is 0 Å². The van der Waals surface area contributed by atoms with Crippen molar-refractivity contribution < 1.29 is 9.13 Å². The van der Waals surface area contributed by atoms with Gasteiger partial charge < -0.3 is 14.5 Å². The molecule has 0 amide bonds. The van der Waals surface area contributed by atoms with Gasteiger partial charge in [-0.3, -0.25) is 0 Å². The highest BCUT2D eigenvalue weighted by atomic mass is 32.1. The van der Waals surface area contributed by atoms with Crippen molar-refractivity contribution in [1.29, 1.82) is 0 Å². The van der Waals surface area contributed by atoms with Crippen LogP contribution in [0, 0.1) is 5.82 Å². The third-order valence-electron chi connectivity index (χ3n) is 5.52. The number of aromatic nitrogens is 2. The van der Waals surface area contributed by atoms with Gasteiger partial charge in [0, 0.05) is 37.1 Å². The Hall–Kier alpha value is -3.19. The Labute approximate surface area is 178 Å². The van der Waals surface area contributed by atoms with Crippen LogP contribution >= 0.6 is 11.3 Å². The van der Waals surface area contributed by atoms with E-state index in [2.05, 4.69) is 37.3 Å². The molecular formula is C23H21FN4OS. The van der Waals surface area contributed by atoms with Crippen molar-refractivity contribution >= 4 is 33.1 Å². The van der Waals surface area contributed by atoms with Crippen LogP contribution in [0.5, 0.6) is 5.75 Å². The predicted octanol–water partition coefficient (Wildman–Crippen LogP) is 4.83. The summed E-state index contributed by atoms with van der Waals surface area (Å²) >= 11 is 1.63. The van der Waals surface area contributed by atoms with Crippen molar-refractivity contribution in [2.75, 3.05) is 43.1 Å². The molecule has 3 heterocycles. The van der Waals surface area contributed by atoms with E-state index in [4.69, 9.17) is 4.74 Å². The molecule has 0 radical (unpaired) electrons. The maximum Gasteiger partial charge on any atom is 0.146 e. The average molecular weight is 421 g/mol. The van der Waals surface area contributed by atoms with Gasteiger partial charge in [0.05, 0.1) is 18.2 Å². The third-order valence-corrected chi connectivity index (χ3v) is 6.41. The number of methoxy groups -OCH3 is 1. The first kappa shape index (κ1) is 18.8. The molecule has 0 N–H and O–H groups in total. The Balaban J connectivity index is 1.45. The minimum absolute atomic E-state index is 0.171. The molecule has 0 aliphatic carbocycles. The van der Waals surface area contributed by atoms with Crippen molar-refractivity contribution in [3.05, 3.63) is 66.1 Å². The predicted molar refractivity (Wildman–Crippen MR) is 120 cm³/mol. The summed E-state index contributed by atoms with van der Waals surface area (Å²) in [7, 11) is 1.67. The van der Waals surface area contributed by atoms with Gasteiger partial charge in [-0.1, -0.05) is 24.3 Å². The van der Waals surface area contributed by atoms with E-state index in [-0.39, 0.29) is 5.82 Å². The second-order valence-electron chi connectivity index (χ2n) is 7.18. The largest absolute Gasteiger partial charge is 0.497 e. The molecule has 1 aliphatic heterocycles. The number of para-hydroxylation sites is 1. The first-order chi connectivity index (χ1) is 14.7. The summed E-state index contributed by atoms with van der Waals surface area (Å²) in [5.74, 6) is 1.61. The summed E-state index contributed by atoms with van der Waals surface area (Å²) in [6.45, 7) is 3.04. The molecule has 30 heavy (non-hydrogen) atoms. The zero-order valence-electron chi connectivity index (χ0n) is 16.6. The number of halogens is 1. The highest BCUT2D eigenvalue weighted by Gasteiger charge is 2.23. The Morgan fingerprint density at radius 3 is 2.40 bits per heavy atom. The van der Waals surface area contributed by atoms with Crippen molar-refractivity contribution in [2.24, 2.45) is 0 Å². The molecule has 1 aliphatic rings. The number of ether oxygens (including phenoxy) is 1. The Morgan fingerprint density at radius 1 is 0.933 bits per heavy atom. The van der Waals surface area contributed by atoms with Crippen molar-refractivity contribution in [2.45, 2.75) is 0 Å². The summed E-state index contributed by atoms with van der Waals surface area (Å²) in [5.41, 5.74) is 2.91. The van der Waals surface area contributed by atoms with Gasteiger partial charge in [-0.25, -0.2) is 14.4 Å². The van der Waals surface area contributed by atoms with Crippen molar-refractivity contribution in [3.63, 3.8) is 0 Å². The quantitative estimate of drug-likeness (QED) is 0.473. The fraction of sp³-hybridized carbons (Fsp3) is 0.217. The van der Waals surface area contributed by atoms with Crippen LogP contribution in [0.15, 0.2) is 60.2 Å². The highest BCUT2D eigenvalue weighted by Crippen LogP contribution is 2.38. The minimum Gasteiger partial charge on any atom is -0.497 e. The number of hydrogen-bond donors (Lipinski definition) is 0. The van der Waals surface area contributed by atoms with Crippen LogP contribution < -0.4 is 14.5 Å². The maximum absolute atomic E-state index is 14.2. The van der Waals surface area contributed by atoms with Crippen molar-refractivity contribution in [3.8, 4) is 16.9 Å². The van der Waals surface area contributed by atoms with E-state index < -0.39 is 0 Å². The topological polar surface area (TPSA) is 41.5 Å². The van der Waals surface area contributed by atoms with Crippen LogP contribution in [0.25, 0.3) is 21.3 Å². The van der Waals surface area contributed by atoms with E-state index in [1.54, 1.807) is 30.8 Å². The summed E-state index contributed by atoms with van der Waals surface area (Å²) in [4.78, 5) is 14.5. The standard InChI is InChI=1S/C23H21FN4OS/c1-29-17-8-6-16(7-9-17)18-14-30-23-21(18)22(25-15-26-23)28-12-10-27(11-13-28)20-5-3-2-4-19(20)24/h2-9,14-15H,10-13H2,1H3. The monoisotopic (exact) mass is 420 g/mol. The molecule has 0 spiro atoms. The number of nitrogens with zero attached hydrogens (tertiary/aromatic N) is 4. The molecule has 1 saturated heterocycles. The van der Waals surface area contributed by atoms with Gasteiger partial charge in [0.25, 0.3) is 0 Å². The molecule has 152 valence electrons. The van der Waals surface area contributed by atoms with Crippen LogP contribution in [0.4, 0.5) is 15.9 Å².